The molecular weight excluding hydrogens is 425 g/mol. The van der Waals surface area contributed by atoms with Crippen LogP contribution in [0.5, 0.6) is 11.5 Å². The molecule has 0 saturated heterocycles. The van der Waals surface area contributed by atoms with Crippen molar-refractivity contribution >= 4 is 21.6 Å². The molecule has 0 aliphatic carbocycles. The smallest absolute Gasteiger partial charge is 0.274 e. The molecule has 0 atom stereocenters. The second kappa shape index (κ2) is 9.15. The first-order chi connectivity index (χ1) is 14.8. The molecule has 0 spiro atoms. The maximum atomic E-state index is 13.7. The summed E-state index contributed by atoms with van der Waals surface area (Å²) in [7, 11) is -1.78. The van der Waals surface area contributed by atoms with Crippen molar-refractivity contribution in [1.29, 1.82) is 0 Å². The molecule has 162 valence electrons. The molecule has 0 aromatic heterocycles. The number of nitrogens with zero attached hydrogens (tertiary/aromatic N) is 1. The first-order valence-electron chi connectivity index (χ1n) is 9.09. The molecular formula is C22H20FNO6S. The van der Waals surface area contributed by atoms with E-state index in [-0.39, 0.29) is 21.9 Å². The fraction of sp³-hybridized carbons (Fsp3) is 0.136. The average molecular weight is 445 g/mol. The van der Waals surface area contributed by atoms with Gasteiger partial charge in [0.05, 0.1) is 26.5 Å². The lowest BCUT2D eigenvalue weighted by Crippen LogP contribution is -2.37. The molecule has 0 heterocycles. The number of carbonyl (C=O) groups is 1. The summed E-state index contributed by atoms with van der Waals surface area (Å²) in [6, 6.07) is 14.6. The zero-order valence-electron chi connectivity index (χ0n) is 16.8. The molecule has 9 heteroatoms. The second-order valence-corrected chi connectivity index (χ2v) is 8.18. The van der Waals surface area contributed by atoms with Crippen molar-refractivity contribution < 1.29 is 32.2 Å². The Kier molecular flexibility index (Phi) is 6.57. The van der Waals surface area contributed by atoms with Crippen LogP contribution in [0.4, 0.5) is 10.1 Å². The molecule has 0 fully saturated rings. The normalized spacial score (nSPS) is 11.1. The number of hydrogen-bond donors (Lipinski definition) is 1. The number of ether oxygens (including phenoxy) is 2. The van der Waals surface area contributed by atoms with Gasteiger partial charge >= 0.3 is 0 Å². The van der Waals surface area contributed by atoms with Crippen LogP contribution in [-0.4, -0.2) is 33.7 Å². The fourth-order valence-electron chi connectivity index (χ4n) is 2.94. The van der Waals surface area contributed by atoms with Crippen molar-refractivity contribution in [3.63, 3.8) is 0 Å². The number of hydrogen-bond acceptors (Lipinski definition) is 6. The van der Waals surface area contributed by atoms with Crippen LogP contribution >= 0.6 is 0 Å². The fourth-order valence-corrected chi connectivity index (χ4v) is 4.57. The number of methoxy groups -OCH3 is 2. The standard InChI is InChI=1S/C22H20FNO6S/c1-29-19-9-7-18(8-10-19)24(22(26)16-4-3-5-17(23)13-16)31(27,28)21-12-15(14-25)6-11-20(21)30-2/h3-13,25H,14H2,1-2H3. The Balaban J connectivity index is 2.23. The molecule has 3 aromatic carbocycles. The van der Waals surface area contributed by atoms with Gasteiger partial charge < -0.3 is 14.6 Å². The van der Waals surface area contributed by atoms with Crippen molar-refractivity contribution in [2.45, 2.75) is 11.5 Å². The van der Waals surface area contributed by atoms with Crippen LogP contribution in [0.25, 0.3) is 0 Å². The highest BCUT2D eigenvalue weighted by atomic mass is 32.2. The van der Waals surface area contributed by atoms with Crippen LogP contribution in [0.3, 0.4) is 0 Å². The van der Waals surface area contributed by atoms with Gasteiger partial charge in [-0.05, 0) is 60.2 Å². The first-order valence-corrected chi connectivity index (χ1v) is 10.5. The number of sulfonamides is 1. The van der Waals surface area contributed by atoms with Crippen molar-refractivity contribution in [1.82, 2.24) is 0 Å². The van der Waals surface area contributed by atoms with Crippen molar-refractivity contribution in [2.24, 2.45) is 0 Å². The highest BCUT2D eigenvalue weighted by Crippen LogP contribution is 2.33. The maximum absolute atomic E-state index is 13.7. The molecule has 1 N–H and O–H groups in total. The Morgan fingerprint density at radius 2 is 1.71 bits per heavy atom. The zero-order valence-corrected chi connectivity index (χ0v) is 17.6. The van der Waals surface area contributed by atoms with Gasteiger partial charge in [-0.2, -0.15) is 4.31 Å². The van der Waals surface area contributed by atoms with Gasteiger partial charge in [0.2, 0.25) is 0 Å². The lowest BCUT2D eigenvalue weighted by atomic mass is 10.2. The number of rotatable bonds is 7. The Hall–Kier alpha value is -3.43. The number of amides is 1. The van der Waals surface area contributed by atoms with E-state index in [4.69, 9.17) is 9.47 Å². The van der Waals surface area contributed by atoms with E-state index in [1.54, 1.807) is 0 Å². The van der Waals surface area contributed by atoms with Crippen molar-refractivity contribution in [3.05, 3.63) is 83.7 Å². The predicted molar refractivity (Wildman–Crippen MR) is 112 cm³/mol. The first kappa shape index (κ1) is 22.3. The van der Waals surface area contributed by atoms with Crippen molar-refractivity contribution in [3.8, 4) is 11.5 Å². The van der Waals surface area contributed by atoms with E-state index in [0.29, 0.717) is 15.6 Å². The van der Waals surface area contributed by atoms with Crippen LogP contribution in [-0.2, 0) is 16.6 Å². The highest BCUT2D eigenvalue weighted by Gasteiger charge is 2.34. The Morgan fingerprint density at radius 1 is 1.00 bits per heavy atom. The average Bonchev–Trinajstić information content (AvgIpc) is 2.79. The summed E-state index contributed by atoms with van der Waals surface area (Å²) >= 11 is 0. The largest absolute Gasteiger partial charge is 0.497 e. The quantitative estimate of drug-likeness (QED) is 0.599. The van der Waals surface area contributed by atoms with Gasteiger partial charge in [0.25, 0.3) is 15.9 Å². The Morgan fingerprint density at radius 3 is 2.29 bits per heavy atom. The maximum Gasteiger partial charge on any atom is 0.274 e. The number of halogens is 1. The molecule has 31 heavy (non-hydrogen) atoms. The number of benzene rings is 3. The number of aliphatic hydroxyl groups is 1. The Bertz CT molecular complexity index is 1190. The van der Waals surface area contributed by atoms with Crippen LogP contribution < -0.4 is 13.8 Å². The van der Waals surface area contributed by atoms with Crippen LogP contribution in [0.15, 0.2) is 71.6 Å². The van der Waals surface area contributed by atoms with E-state index in [1.165, 1.54) is 68.8 Å². The molecule has 0 saturated carbocycles. The summed E-state index contributed by atoms with van der Waals surface area (Å²) in [5.74, 6) is -1.19. The number of aliphatic hydroxyl groups excluding tert-OH is 1. The zero-order chi connectivity index (χ0) is 22.6. The minimum Gasteiger partial charge on any atom is -0.497 e. The van der Waals surface area contributed by atoms with Crippen LogP contribution in [0.2, 0.25) is 0 Å². The molecule has 7 nitrogen and oxygen atoms in total. The SMILES string of the molecule is COc1ccc(N(C(=O)c2cccc(F)c2)S(=O)(=O)c2cc(CO)ccc2OC)cc1. The van der Waals surface area contributed by atoms with E-state index < -0.39 is 28.4 Å². The molecule has 3 aromatic rings. The van der Waals surface area contributed by atoms with E-state index in [0.717, 1.165) is 12.1 Å². The van der Waals surface area contributed by atoms with Crippen LogP contribution in [0.1, 0.15) is 15.9 Å². The molecule has 0 radical (unpaired) electrons. The summed E-state index contributed by atoms with van der Waals surface area (Å²) in [5.41, 5.74) is 0.176. The third-order valence-electron chi connectivity index (χ3n) is 4.49. The minimum atomic E-state index is -4.52. The Labute approximate surface area is 179 Å². The monoisotopic (exact) mass is 445 g/mol. The summed E-state index contributed by atoms with van der Waals surface area (Å²) in [6.45, 7) is -0.410. The number of carbonyl (C=O) groups excluding carboxylic acids is 1. The number of anilines is 1. The van der Waals surface area contributed by atoms with Crippen molar-refractivity contribution in [2.75, 3.05) is 18.5 Å². The van der Waals surface area contributed by atoms with Gasteiger partial charge in [0, 0.05) is 5.56 Å². The molecule has 0 aliphatic rings. The highest BCUT2D eigenvalue weighted by molar-refractivity contribution is 7.93. The summed E-state index contributed by atoms with van der Waals surface area (Å²) < 4.78 is 51.9. The van der Waals surface area contributed by atoms with Gasteiger partial charge in [-0.3, -0.25) is 4.79 Å². The van der Waals surface area contributed by atoms with E-state index in [2.05, 4.69) is 0 Å². The topological polar surface area (TPSA) is 93.1 Å². The second-order valence-electron chi connectivity index (χ2n) is 6.43. The van der Waals surface area contributed by atoms with E-state index in [1.807, 2.05) is 0 Å². The molecule has 0 aliphatic heterocycles. The summed E-state index contributed by atoms with van der Waals surface area (Å²) in [5, 5.41) is 9.45. The third kappa shape index (κ3) is 4.52. The molecule has 0 unspecified atom stereocenters. The third-order valence-corrected chi connectivity index (χ3v) is 6.22. The van der Waals surface area contributed by atoms with Gasteiger partial charge in [0.1, 0.15) is 22.2 Å². The molecule has 0 bridgehead atoms. The van der Waals surface area contributed by atoms with Crippen LogP contribution in [0, 0.1) is 5.82 Å². The molecule has 3 rings (SSSR count). The lowest BCUT2D eigenvalue weighted by Gasteiger charge is -2.24. The molecule has 1 amide bonds. The van der Waals surface area contributed by atoms with E-state index in [9.17, 15) is 22.7 Å². The predicted octanol–water partition coefficient (Wildman–Crippen LogP) is 3.37. The summed E-state index contributed by atoms with van der Waals surface area (Å²) in [4.78, 5) is 13.0. The summed E-state index contributed by atoms with van der Waals surface area (Å²) in [6.07, 6.45) is 0. The van der Waals surface area contributed by atoms with Gasteiger partial charge in [-0.25, -0.2) is 12.8 Å². The van der Waals surface area contributed by atoms with E-state index >= 15 is 0 Å². The minimum absolute atomic E-state index is 0.0113. The van der Waals surface area contributed by atoms with Gasteiger partial charge in [0.15, 0.2) is 0 Å². The lowest BCUT2D eigenvalue weighted by molar-refractivity contribution is 0.100. The van der Waals surface area contributed by atoms with Gasteiger partial charge in [-0.15, -0.1) is 0 Å². The van der Waals surface area contributed by atoms with Gasteiger partial charge in [-0.1, -0.05) is 12.1 Å².